The van der Waals surface area contributed by atoms with Crippen molar-refractivity contribution < 1.29 is 14.4 Å². The predicted octanol–water partition coefficient (Wildman–Crippen LogP) is 1.32. The lowest BCUT2D eigenvalue weighted by molar-refractivity contribution is -0.906. The van der Waals surface area contributed by atoms with Gasteiger partial charge in [-0.3, -0.25) is 4.79 Å². The number of carbonyl (C=O) groups excluding carboxylic acids is 1. The van der Waals surface area contributed by atoms with E-state index in [1.54, 1.807) is 0 Å². The highest BCUT2D eigenvalue weighted by atomic mass is 79.9. The van der Waals surface area contributed by atoms with Crippen LogP contribution >= 0.6 is 15.9 Å². The van der Waals surface area contributed by atoms with E-state index in [1.165, 1.54) is 4.90 Å². The lowest BCUT2D eigenvalue weighted by atomic mass is 10.1. The molecule has 0 amide bonds. The van der Waals surface area contributed by atoms with E-state index in [0.717, 1.165) is 23.1 Å². The summed E-state index contributed by atoms with van der Waals surface area (Å²) in [4.78, 5) is 13.6. The van der Waals surface area contributed by atoms with Crippen molar-refractivity contribution in [2.75, 3.05) is 19.6 Å². The quantitative estimate of drug-likeness (QED) is 0.854. The lowest BCUT2D eigenvalue weighted by Crippen LogP contribution is -3.16. The third-order valence-corrected chi connectivity index (χ3v) is 3.89. The number of nitrogens with one attached hydrogen (secondary N) is 1. The summed E-state index contributed by atoms with van der Waals surface area (Å²) in [7, 11) is 0. The molecule has 0 bridgehead atoms. The van der Waals surface area contributed by atoms with Gasteiger partial charge in [-0.2, -0.15) is 0 Å². The molecule has 1 heterocycles. The normalized spacial score (nSPS) is 28.1. The molecular formula is C14H19BrNO2+. The van der Waals surface area contributed by atoms with Crippen LogP contribution in [0.1, 0.15) is 24.2 Å². The SMILES string of the molecule is C[C@@H]1C[NH+](CC(=O)c2ccccc2Br)C[C@H](C)O1. The number of ether oxygens (including phenoxy) is 1. The van der Waals surface area contributed by atoms with Crippen LogP contribution in [0.4, 0.5) is 0 Å². The number of carbonyl (C=O) groups is 1. The fraction of sp³-hybridized carbons (Fsp3) is 0.500. The zero-order valence-corrected chi connectivity index (χ0v) is 12.4. The fourth-order valence-corrected chi connectivity index (χ4v) is 3.05. The average Bonchev–Trinajstić information content (AvgIpc) is 2.27. The van der Waals surface area contributed by atoms with Gasteiger partial charge >= 0.3 is 0 Å². The van der Waals surface area contributed by atoms with Gasteiger partial charge in [-0.1, -0.05) is 34.1 Å². The van der Waals surface area contributed by atoms with E-state index in [2.05, 4.69) is 29.8 Å². The van der Waals surface area contributed by atoms with Crippen LogP contribution in [-0.4, -0.2) is 37.6 Å². The molecule has 4 heteroatoms. The third kappa shape index (κ3) is 3.40. The zero-order valence-electron chi connectivity index (χ0n) is 10.8. The molecule has 0 spiro atoms. The molecule has 0 aliphatic carbocycles. The fourth-order valence-electron chi connectivity index (χ4n) is 2.54. The largest absolute Gasteiger partial charge is 0.364 e. The first kappa shape index (κ1) is 13.7. The molecule has 98 valence electrons. The Balaban J connectivity index is 2.01. The number of rotatable bonds is 3. The number of Topliss-reactive ketones (excluding diaryl/α,β-unsaturated/α-hetero) is 1. The number of morpholine rings is 1. The minimum Gasteiger partial charge on any atom is -0.364 e. The van der Waals surface area contributed by atoms with Crippen LogP contribution in [0.25, 0.3) is 0 Å². The minimum absolute atomic E-state index is 0.193. The maximum Gasteiger partial charge on any atom is 0.217 e. The molecule has 1 saturated heterocycles. The number of hydrogen-bond donors (Lipinski definition) is 1. The highest BCUT2D eigenvalue weighted by Crippen LogP contribution is 2.15. The van der Waals surface area contributed by atoms with Crippen LogP contribution in [0.3, 0.4) is 0 Å². The van der Waals surface area contributed by atoms with Gasteiger partial charge in [0.05, 0.1) is 0 Å². The number of halogens is 1. The van der Waals surface area contributed by atoms with E-state index in [1.807, 2.05) is 24.3 Å². The first-order chi connectivity index (χ1) is 8.56. The Hall–Kier alpha value is -0.710. The van der Waals surface area contributed by atoms with Gasteiger partial charge in [-0.05, 0) is 19.9 Å². The molecule has 1 unspecified atom stereocenters. The Kier molecular flexibility index (Phi) is 4.54. The Morgan fingerprint density at radius 1 is 1.33 bits per heavy atom. The van der Waals surface area contributed by atoms with E-state index in [0.29, 0.717) is 6.54 Å². The first-order valence-electron chi connectivity index (χ1n) is 6.33. The molecule has 1 aromatic rings. The van der Waals surface area contributed by atoms with E-state index in [4.69, 9.17) is 4.74 Å². The zero-order chi connectivity index (χ0) is 13.1. The van der Waals surface area contributed by atoms with E-state index >= 15 is 0 Å². The standard InChI is InChI=1S/C14H18BrNO2/c1-10-7-16(8-11(2)18-10)9-14(17)12-5-3-4-6-13(12)15/h3-6,10-11H,7-9H2,1-2H3/p+1/t10-,11+. The maximum absolute atomic E-state index is 12.3. The van der Waals surface area contributed by atoms with Crippen molar-refractivity contribution in [1.82, 2.24) is 0 Å². The molecule has 1 N–H and O–H groups in total. The second kappa shape index (κ2) is 5.95. The summed E-state index contributed by atoms with van der Waals surface area (Å²) in [6.45, 7) is 6.48. The molecule has 1 aromatic carbocycles. The van der Waals surface area contributed by atoms with E-state index in [9.17, 15) is 4.79 Å². The van der Waals surface area contributed by atoms with Crippen molar-refractivity contribution in [2.45, 2.75) is 26.1 Å². The molecule has 0 saturated carbocycles. The summed E-state index contributed by atoms with van der Waals surface area (Å²) in [5, 5.41) is 0. The van der Waals surface area contributed by atoms with Gasteiger partial charge in [0, 0.05) is 10.0 Å². The summed E-state index contributed by atoms with van der Waals surface area (Å²) in [6, 6.07) is 7.61. The number of benzene rings is 1. The van der Waals surface area contributed by atoms with Crippen LogP contribution in [-0.2, 0) is 4.74 Å². The van der Waals surface area contributed by atoms with Gasteiger partial charge in [0.2, 0.25) is 5.78 Å². The Bertz CT molecular complexity index is 426. The summed E-state index contributed by atoms with van der Waals surface area (Å²) >= 11 is 3.43. The summed E-state index contributed by atoms with van der Waals surface area (Å²) in [5.41, 5.74) is 0.775. The molecule has 0 radical (unpaired) electrons. The van der Waals surface area contributed by atoms with Crippen LogP contribution < -0.4 is 4.90 Å². The Morgan fingerprint density at radius 2 is 1.94 bits per heavy atom. The van der Waals surface area contributed by atoms with Gasteiger partial charge in [0.25, 0.3) is 0 Å². The van der Waals surface area contributed by atoms with Gasteiger partial charge in [0.1, 0.15) is 31.8 Å². The van der Waals surface area contributed by atoms with Gasteiger partial charge < -0.3 is 9.64 Å². The Morgan fingerprint density at radius 3 is 2.56 bits per heavy atom. The first-order valence-corrected chi connectivity index (χ1v) is 7.12. The lowest BCUT2D eigenvalue weighted by Gasteiger charge is -2.32. The van der Waals surface area contributed by atoms with E-state index in [-0.39, 0.29) is 18.0 Å². The molecule has 1 aliphatic heterocycles. The van der Waals surface area contributed by atoms with Gasteiger partial charge in [-0.15, -0.1) is 0 Å². The van der Waals surface area contributed by atoms with Crippen LogP contribution in [0.2, 0.25) is 0 Å². The van der Waals surface area contributed by atoms with Gasteiger partial charge in [0.15, 0.2) is 0 Å². The average molecular weight is 313 g/mol. The van der Waals surface area contributed by atoms with Crippen molar-refractivity contribution in [3.63, 3.8) is 0 Å². The van der Waals surface area contributed by atoms with Crippen molar-refractivity contribution in [3.8, 4) is 0 Å². The molecule has 2 rings (SSSR count). The smallest absolute Gasteiger partial charge is 0.217 e. The molecule has 1 aliphatic rings. The van der Waals surface area contributed by atoms with Crippen molar-refractivity contribution in [3.05, 3.63) is 34.3 Å². The highest BCUT2D eigenvalue weighted by Gasteiger charge is 2.27. The van der Waals surface area contributed by atoms with Crippen molar-refractivity contribution >= 4 is 21.7 Å². The third-order valence-electron chi connectivity index (χ3n) is 3.20. The number of quaternary nitrogens is 1. The highest BCUT2D eigenvalue weighted by molar-refractivity contribution is 9.10. The number of hydrogen-bond acceptors (Lipinski definition) is 2. The molecule has 3 atom stereocenters. The predicted molar refractivity (Wildman–Crippen MR) is 74.0 cm³/mol. The molecule has 0 aromatic heterocycles. The molecule has 1 fully saturated rings. The molecule has 3 nitrogen and oxygen atoms in total. The van der Waals surface area contributed by atoms with E-state index < -0.39 is 0 Å². The Labute approximate surface area is 116 Å². The van der Waals surface area contributed by atoms with Crippen LogP contribution in [0.15, 0.2) is 28.7 Å². The number of ketones is 1. The van der Waals surface area contributed by atoms with Crippen LogP contribution in [0.5, 0.6) is 0 Å². The minimum atomic E-state index is 0.193. The second-order valence-corrected chi connectivity index (χ2v) is 5.85. The maximum atomic E-state index is 12.3. The van der Waals surface area contributed by atoms with Crippen molar-refractivity contribution in [2.24, 2.45) is 0 Å². The second-order valence-electron chi connectivity index (χ2n) is 5.00. The van der Waals surface area contributed by atoms with Crippen LogP contribution in [0, 0.1) is 0 Å². The topological polar surface area (TPSA) is 30.7 Å². The molecule has 18 heavy (non-hydrogen) atoms. The van der Waals surface area contributed by atoms with Crippen molar-refractivity contribution in [1.29, 1.82) is 0 Å². The summed E-state index contributed by atoms with van der Waals surface area (Å²) < 4.78 is 6.56. The summed E-state index contributed by atoms with van der Waals surface area (Å²) in [6.07, 6.45) is 0.464. The summed E-state index contributed by atoms with van der Waals surface area (Å²) in [5.74, 6) is 0.193. The monoisotopic (exact) mass is 312 g/mol. The molecular weight excluding hydrogens is 294 g/mol. The van der Waals surface area contributed by atoms with Gasteiger partial charge in [-0.25, -0.2) is 0 Å².